The molecule has 1 aromatic carbocycles. The second-order valence-corrected chi connectivity index (χ2v) is 6.19. The highest BCUT2D eigenvalue weighted by Crippen LogP contribution is 2.31. The molecule has 0 saturated heterocycles. The topological polar surface area (TPSA) is 47.3 Å². The van der Waals surface area contributed by atoms with Crippen molar-refractivity contribution in [1.82, 2.24) is 10.5 Å². The molecule has 1 N–H and O–H groups in total. The summed E-state index contributed by atoms with van der Waals surface area (Å²) in [7, 11) is 0. The van der Waals surface area contributed by atoms with E-state index in [2.05, 4.69) is 26.4 Å². The number of benzene rings is 1. The molecular weight excluding hydrogens is 363 g/mol. The fourth-order valence-electron chi connectivity index (χ4n) is 1.81. The summed E-state index contributed by atoms with van der Waals surface area (Å²) in [6, 6.07) is 5.14. The maximum Gasteiger partial charge on any atom is 0.174 e. The second kappa shape index (κ2) is 6.34. The predicted octanol–water partition coefficient (Wildman–Crippen LogP) is 4.06. The molecule has 21 heavy (non-hydrogen) atoms. The van der Waals surface area contributed by atoms with Gasteiger partial charge in [0.05, 0.1) is 15.2 Å². The van der Waals surface area contributed by atoms with Gasteiger partial charge in [-0.25, -0.2) is 4.39 Å². The van der Waals surface area contributed by atoms with Gasteiger partial charge in [0.15, 0.2) is 5.76 Å². The summed E-state index contributed by atoms with van der Waals surface area (Å²) in [5, 5.41) is 7.35. The monoisotopic (exact) mass is 374 g/mol. The van der Waals surface area contributed by atoms with E-state index >= 15 is 0 Å². The largest absolute Gasteiger partial charge is 0.484 e. The quantitative estimate of drug-likeness (QED) is 0.774. The molecule has 7 heteroatoms. The molecule has 0 atom stereocenters. The second-order valence-electron chi connectivity index (χ2n) is 4.93. The molecule has 0 unspecified atom stereocenters. The van der Waals surface area contributed by atoms with Crippen LogP contribution in [0, 0.1) is 5.82 Å². The Balaban J connectivity index is 1.58. The normalized spacial score (nSPS) is 14.4. The minimum Gasteiger partial charge on any atom is -0.484 e. The molecule has 3 rings (SSSR count). The molecule has 0 aliphatic heterocycles. The lowest BCUT2D eigenvalue weighted by molar-refractivity contribution is 0.246. The van der Waals surface area contributed by atoms with Gasteiger partial charge in [0, 0.05) is 24.7 Å². The lowest BCUT2D eigenvalue weighted by Gasteiger charge is -2.07. The Morgan fingerprint density at radius 2 is 2.24 bits per heavy atom. The highest BCUT2D eigenvalue weighted by Gasteiger charge is 2.20. The van der Waals surface area contributed by atoms with Crippen molar-refractivity contribution in [3.63, 3.8) is 0 Å². The van der Waals surface area contributed by atoms with Gasteiger partial charge in [-0.2, -0.15) is 0 Å². The van der Waals surface area contributed by atoms with E-state index in [1.807, 2.05) is 6.07 Å². The fourth-order valence-corrected chi connectivity index (χ4v) is 2.56. The van der Waals surface area contributed by atoms with Crippen molar-refractivity contribution >= 4 is 27.5 Å². The molecular formula is C14H13BrClFN2O2. The third-order valence-electron chi connectivity index (χ3n) is 3.10. The highest BCUT2D eigenvalue weighted by atomic mass is 79.9. The molecule has 1 aliphatic carbocycles. The van der Waals surface area contributed by atoms with E-state index in [9.17, 15) is 4.39 Å². The fraction of sp³-hybridized carbons (Fsp3) is 0.357. The van der Waals surface area contributed by atoms with Gasteiger partial charge < -0.3 is 14.6 Å². The Bertz CT molecular complexity index is 646. The minimum atomic E-state index is -0.526. The van der Waals surface area contributed by atoms with E-state index in [4.69, 9.17) is 20.9 Å². The first-order valence-electron chi connectivity index (χ1n) is 6.57. The lowest BCUT2D eigenvalue weighted by Crippen LogP contribution is -2.15. The summed E-state index contributed by atoms with van der Waals surface area (Å²) in [6.07, 6.45) is 2.45. The molecule has 112 valence electrons. The van der Waals surface area contributed by atoms with Crippen LogP contribution < -0.4 is 10.1 Å². The Labute approximate surface area is 134 Å². The minimum absolute atomic E-state index is 0.0438. The number of aromatic nitrogens is 1. The molecule has 0 bridgehead atoms. The number of nitrogens with one attached hydrogen (secondary N) is 1. The van der Waals surface area contributed by atoms with Gasteiger partial charge in [0.25, 0.3) is 0 Å². The number of hydrogen-bond acceptors (Lipinski definition) is 4. The maximum absolute atomic E-state index is 13.4. The van der Waals surface area contributed by atoms with Gasteiger partial charge in [-0.3, -0.25) is 0 Å². The Morgan fingerprint density at radius 3 is 3.00 bits per heavy atom. The first-order valence-corrected chi connectivity index (χ1v) is 7.74. The summed E-state index contributed by atoms with van der Waals surface area (Å²) < 4.78 is 24.7. The summed E-state index contributed by atoms with van der Waals surface area (Å²) in [5.74, 6) is 0.428. The standard InChI is InChI=1S/C14H13BrClFN2O2/c15-11-4-12(16)13(17)5-14(11)20-7-10-3-9(19-21-10)6-18-8-1-2-8/h3-5,8,18H,1-2,6-7H2. The molecule has 0 radical (unpaired) electrons. The summed E-state index contributed by atoms with van der Waals surface area (Å²) in [5.41, 5.74) is 0.835. The number of nitrogens with zero attached hydrogens (tertiary/aromatic N) is 1. The van der Waals surface area contributed by atoms with Crippen LogP contribution in [-0.4, -0.2) is 11.2 Å². The molecule has 0 amide bonds. The smallest absolute Gasteiger partial charge is 0.174 e. The molecule has 1 heterocycles. The van der Waals surface area contributed by atoms with E-state index in [-0.39, 0.29) is 11.6 Å². The number of halogens is 3. The van der Waals surface area contributed by atoms with Gasteiger partial charge in [0.1, 0.15) is 18.2 Å². The van der Waals surface area contributed by atoms with Gasteiger partial charge in [-0.05, 0) is 34.8 Å². The van der Waals surface area contributed by atoms with Crippen molar-refractivity contribution in [1.29, 1.82) is 0 Å². The molecule has 1 aromatic heterocycles. The predicted molar refractivity (Wildman–Crippen MR) is 79.8 cm³/mol. The average Bonchev–Trinajstić information content (AvgIpc) is 3.18. The van der Waals surface area contributed by atoms with E-state index < -0.39 is 5.82 Å². The SMILES string of the molecule is Fc1cc(OCc2cc(CNC3CC3)no2)c(Br)cc1Cl. The van der Waals surface area contributed by atoms with Crippen LogP contribution in [0.5, 0.6) is 5.75 Å². The van der Waals surface area contributed by atoms with Crippen LogP contribution >= 0.6 is 27.5 Å². The zero-order chi connectivity index (χ0) is 14.8. The van der Waals surface area contributed by atoms with Crippen molar-refractivity contribution in [3.8, 4) is 5.75 Å². The van der Waals surface area contributed by atoms with Crippen LogP contribution in [0.1, 0.15) is 24.3 Å². The highest BCUT2D eigenvalue weighted by molar-refractivity contribution is 9.10. The van der Waals surface area contributed by atoms with Crippen LogP contribution in [0.4, 0.5) is 4.39 Å². The van der Waals surface area contributed by atoms with Gasteiger partial charge in [-0.1, -0.05) is 16.8 Å². The molecule has 2 aromatic rings. The zero-order valence-electron chi connectivity index (χ0n) is 11.0. The maximum atomic E-state index is 13.4. The molecule has 1 fully saturated rings. The Kier molecular flexibility index (Phi) is 4.47. The Morgan fingerprint density at radius 1 is 1.43 bits per heavy atom. The van der Waals surface area contributed by atoms with Gasteiger partial charge >= 0.3 is 0 Å². The van der Waals surface area contributed by atoms with E-state index in [0.717, 1.165) is 5.69 Å². The van der Waals surface area contributed by atoms with Gasteiger partial charge in [-0.15, -0.1) is 0 Å². The lowest BCUT2D eigenvalue weighted by atomic mass is 10.3. The van der Waals surface area contributed by atoms with Crippen LogP contribution in [0.3, 0.4) is 0 Å². The number of rotatable bonds is 6. The summed E-state index contributed by atoms with van der Waals surface area (Å²) >= 11 is 8.95. The number of hydrogen-bond donors (Lipinski definition) is 1. The van der Waals surface area contributed by atoms with Gasteiger partial charge in [0.2, 0.25) is 0 Å². The van der Waals surface area contributed by atoms with Crippen molar-refractivity contribution < 1.29 is 13.7 Å². The van der Waals surface area contributed by atoms with Crippen LogP contribution in [0.15, 0.2) is 27.2 Å². The van der Waals surface area contributed by atoms with Crippen molar-refractivity contribution in [2.75, 3.05) is 0 Å². The van der Waals surface area contributed by atoms with Crippen LogP contribution in [-0.2, 0) is 13.2 Å². The van der Waals surface area contributed by atoms with E-state index in [1.165, 1.54) is 25.0 Å². The third kappa shape index (κ3) is 3.96. The third-order valence-corrected chi connectivity index (χ3v) is 4.01. The molecule has 1 saturated carbocycles. The summed E-state index contributed by atoms with van der Waals surface area (Å²) in [4.78, 5) is 0. The average molecular weight is 376 g/mol. The first-order chi connectivity index (χ1) is 10.1. The van der Waals surface area contributed by atoms with E-state index in [1.54, 1.807) is 0 Å². The number of ether oxygens (including phenoxy) is 1. The molecule has 0 spiro atoms. The first kappa shape index (κ1) is 14.8. The van der Waals surface area contributed by atoms with Crippen LogP contribution in [0.25, 0.3) is 0 Å². The van der Waals surface area contributed by atoms with Crippen molar-refractivity contribution in [2.24, 2.45) is 0 Å². The zero-order valence-corrected chi connectivity index (χ0v) is 13.4. The molecule has 4 nitrogen and oxygen atoms in total. The Hall–Kier alpha value is -1.11. The van der Waals surface area contributed by atoms with Crippen molar-refractivity contribution in [3.05, 3.63) is 45.0 Å². The summed E-state index contributed by atoms with van der Waals surface area (Å²) in [6.45, 7) is 0.865. The van der Waals surface area contributed by atoms with Crippen LogP contribution in [0.2, 0.25) is 5.02 Å². The molecule has 1 aliphatic rings. The van der Waals surface area contributed by atoms with E-state index in [0.29, 0.717) is 28.6 Å². The van der Waals surface area contributed by atoms with Crippen molar-refractivity contribution in [2.45, 2.75) is 32.0 Å².